The lowest BCUT2D eigenvalue weighted by molar-refractivity contribution is 0.112. The Morgan fingerprint density at radius 3 is 2.21 bits per heavy atom. The molecule has 0 radical (unpaired) electrons. The van der Waals surface area contributed by atoms with Gasteiger partial charge >= 0.3 is 0 Å². The molecule has 0 saturated heterocycles. The van der Waals surface area contributed by atoms with E-state index in [2.05, 4.69) is 0 Å². The van der Waals surface area contributed by atoms with Gasteiger partial charge in [-0.1, -0.05) is 6.07 Å². The average molecular weight is 266 g/mol. The minimum Gasteiger partial charge on any atom is -0.448 e. The van der Waals surface area contributed by atoms with Gasteiger partial charge < -0.3 is 4.74 Å². The van der Waals surface area contributed by atoms with Gasteiger partial charge in [0.1, 0.15) is 6.29 Å². The molecule has 0 atom stereocenters. The van der Waals surface area contributed by atoms with Gasteiger partial charge in [-0.15, -0.1) is 0 Å². The molecular weight excluding hydrogens is 257 g/mol. The summed E-state index contributed by atoms with van der Waals surface area (Å²) in [5, 5.41) is 0. The number of aldehydes is 1. The van der Waals surface area contributed by atoms with Crippen molar-refractivity contribution in [1.29, 1.82) is 0 Å². The van der Waals surface area contributed by atoms with Gasteiger partial charge in [0.15, 0.2) is 29.0 Å². The first-order valence-corrected chi connectivity index (χ1v) is 5.39. The molecule has 0 aliphatic heterocycles. The van der Waals surface area contributed by atoms with E-state index in [4.69, 9.17) is 4.74 Å². The molecule has 0 spiro atoms. The van der Waals surface area contributed by atoms with Crippen molar-refractivity contribution in [3.05, 3.63) is 58.9 Å². The number of benzene rings is 2. The molecule has 2 aromatic rings. The van der Waals surface area contributed by atoms with Gasteiger partial charge in [0.2, 0.25) is 0 Å². The van der Waals surface area contributed by atoms with Crippen LogP contribution in [0.3, 0.4) is 0 Å². The molecule has 19 heavy (non-hydrogen) atoms. The molecule has 0 amide bonds. The molecular formula is C14H9F3O2. The van der Waals surface area contributed by atoms with Crippen LogP contribution in [0.2, 0.25) is 0 Å². The third-order valence-electron chi connectivity index (χ3n) is 2.46. The Morgan fingerprint density at radius 1 is 1.00 bits per heavy atom. The van der Waals surface area contributed by atoms with E-state index < -0.39 is 23.2 Å². The largest absolute Gasteiger partial charge is 0.448 e. The van der Waals surface area contributed by atoms with E-state index in [1.807, 2.05) is 0 Å². The van der Waals surface area contributed by atoms with Crippen molar-refractivity contribution in [1.82, 2.24) is 0 Å². The van der Waals surface area contributed by atoms with Gasteiger partial charge in [0, 0.05) is 5.56 Å². The van der Waals surface area contributed by atoms with Gasteiger partial charge in [0.05, 0.1) is 0 Å². The number of aryl methyl sites for hydroxylation is 1. The average Bonchev–Trinajstić information content (AvgIpc) is 2.37. The molecule has 98 valence electrons. The SMILES string of the molecule is Cc1ccc(F)c(Oc2c(F)cc(C=O)cc2F)c1. The maximum absolute atomic E-state index is 13.6. The van der Waals surface area contributed by atoms with Gasteiger partial charge in [-0.2, -0.15) is 0 Å². The van der Waals surface area contributed by atoms with Crippen LogP contribution in [0.1, 0.15) is 15.9 Å². The van der Waals surface area contributed by atoms with Crippen LogP contribution in [-0.2, 0) is 0 Å². The molecule has 0 fully saturated rings. The number of hydrogen-bond acceptors (Lipinski definition) is 2. The Morgan fingerprint density at radius 2 is 1.63 bits per heavy atom. The molecule has 0 bridgehead atoms. The predicted molar refractivity (Wildman–Crippen MR) is 63.0 cm³/mol. The van der Waals surface area contributed by atoms with Crippen molar-refractivity contribution in [2.24, 2.45) is 0 Å². The third kappa shape index (κ3) is 2.76. The Balaban J connectivity index is 2.43. The first-order valence-electron chi connectivity index (χ1n) is 5.39. The van der Waals surface area contributed by atoms with Crippen molar-refractivity contribution in [2.45, 2.75) is 6.92 Å². The van der Waals surface area contributed by atoms with Crippen LogP contribution in [-0.4, -0.2) is 6.29 Å². The lowest BCUT2D eigenvalue weighted by Gasteiger charge is -2.09. The summed E-state index contributed by atoms with van der Waals surface area (Å²) in [5.41, 5.74) is 0.522. The molecule has 5 heteroatoms. The van der Waals surface area contributed by atoms with E-state index in [1.54, 1.807) is 6.92 Å². The van der Waals surface area contributed by atoms with Crippen LogP contribution in [0.4, 0.5) is 13.2 Å². The van der Waals surface area contributed by atoms with Gasteiger partial charge in [-0.25, -0.2) is 13.2 Å². The topological polar surface area (TPSA) is 26.3 Å². The molecule has 2 rings (SSSR count). The maximum atomic E-state index is 13.6. The number of carbonyl (C=O) groups excluding carboxylic acids is 1. The number of carbonyl (C=O) groups is 1. The summed E-state index contributed by atoms with van der Waals surface area (Å²) in [6.45, 7) is 1.69. The van der Waals surface area contributed by atoms with E-state index in [1.165, 1.54) is 12.1 Å². The van der Waals surface area contributed by atoms with Crippen molar-refractivity contribution < 1.29 is 22.7 Å². The van der Waals surface area contributed by atoms with E-state index in [0.29, 0.717) is 11.8 Å². The number of halogens is 3. The highest BCUT2D eigenvalue weighted by Crippen LogP contribution is 2.30. The van der Waals surface area contributed by atoms with E-state index in [-0.39, 0.29) is 11.3 Å². The Hall–Kier alpha value is -2.30. The van der Waals surface area contributed by atoms with E-state index >= 15 is 0 Å². The molecule has 0 heterocycles. The molecule has 0 aromatic heterocycles. The third-order valence-corrected chi connectivity index (χ3v) is 2.46. The fourth-order valence-corrected chi connectivity index (χ4v) is 1.54. The van der Waals surface area contributed by atoms with Crippen LogP contribution in [0.25, 0.3) is 0 Å². The highest BCUT2D eigenvalue weighted by molar-refractivity contribution is 5.75. The fourth-order valence-electron chi connectivity index (χ4n) is 1.54. The Bertz CT molecular complexity index is 616. The van der Waals surface area contributed by atoms with Gasteiger partial charge in [-0.05, 0) is 36.8 Å². The first-order chi connectivity index (χ1) is 9.01. The molecule has 0 aliphatic rings. The minimum absolute atomic E-state index is 0.160. The Kier molecular flexibility index (Phi) is 3.55. The second-order valence-corrected chi connectivity index (χ2v) is 3.97. The van der Waals surface area contributed by atoms with Crippen molar-refractivity contribution in [3.63, 3.8) is 0 Å². The number of hydrogen-bond donors (Lipinski definition) is 0. The van der Waals surface area contributed by atoms with Crippen LogP contribution in [0.5, 0.6) is 11.5 Å². The second kappa shape index (κ2) is 5.14. The maximum Gasteiger partial charge on any atom is 0.198 e. The van der Waals surface area contributed by atoms with Crippen molar-refractivity contribution >= 4 is 6.29 Å². The normalized spacial score (nSPS) is 10.3. The van der Waals surface area contributed by atoms with Crippen LogP contribution >= 0.6 is 0 Å². The zero-order valence-electron chi connectivity index (χ0n) is 9.91. The quantitative estimate of drug-likeness (QED) is 0.784. The molecule has 0 saturated carbocycles. The van der Waals surface area contributed by atoms with Crippen molar-refractivity contribution in [2.75, 3.05) is 0 Å². The van der Waals surface area contributed by atoms with Crippen molar-refractivity contribution in [3.8, 4) is 11.5 Å². The summed E-state index contributed by atoms with van der Waals surface area (Å²) in [6.07, 6.45) is 0.309. The Labute approximate surface area is 107 Å². The van der Waals surface area contributed by atoms with Crippen LogP contribution in [0, 0.1) is 24.4 Å². The zero-order valence-corrected chi connectivity index (χ0v) is 9.91. The standard InChI is InChI=1S/C14H9F3O2/c1-8-2-3-10(15)13(4-8)19-14-11(16)5-9(7-18)6-12(14)17/h2-7H,1H3. The highest BCUT2D eigenvalue weighted by atomic mass is 19.1. The predicted octanol–water partition coefficient (Wildman–Crippen LogP) is 4.02. The van der Waals surface area contributed by atoms with E-state index in [9.17, 15) is 18.0 Å². The fraction of sp³-hybridized carbons (Fsp3) is 0.0714. The number of rotatable bonds is 3. The molecule has 2 nitrogen and oxygen atoms in total. The smallest absolute Gasteiger partial charge is 0.198 e. The van der Waals surface area contributed by atoms with Gasteiger partial charge in [-0.3, -0.25) is 4.79 Å². The lowest BCUT2D eigenvalue weighted by Crippen LogP contribution is -1.97. The summed E-state index contributed by atoms with van der Waals surface area (Å²) >= 11 is 0. The summed E-state index contributed by atoms with van der Waals surface area (Å²) in [4.78, 5) is 10.4. The monoisotopic (exact) mass is 266 g/mol. The summed E-state index contributed by atoms with van der Waals surface area (Å²) in [6, 6.07) is 5.60. The molecule has 2 aromatic carbocycles. The van der Waals surface area contributed by atoms with Gasteiger partial charge in [0.25, 0.3) is 0 Å². The zero-order chi connectivity index (χ0) is 14.0. The van der Waals surface area contributed by atoms with E-state index in [0.717, 1.165) is 18.2 Å². The summed E-state index contributed by atoms with van der Waals surface area (Å²) < 4.78 is 45.5. The van der Waals surface area contributed by atoms with Crippen LogP contribution in [0.15, 0.2) is 30.3 Å². The molecule has 0 aliphatic carbocycles. The highest BCUT2D eigenvalue weighted by Gasteiger charge is 2.15. The lowest BCUT2D eigenvalue weighted by atomic mass is 10.2. The summed E-state index contributed by atoms with van der Waals surface area (Å²) in [7, 11) is 0. The second-order valence-electron chi connectivity index (χ2n) is 3.97. The first kappa shape index (κ1) is 13.1. The number of ether oxygens (including phenoxy) is 1. The molecule has 0 unspecified atom stereocenters. The van der Waals surface area contributed by atoms with Crippen LogP contribution < -0.4 is 4.74 Å². The minimum atomic E-state index is -1.07. The molecule has 0 N–H and O–H groups in total. The summed E-state index contributed by atoms with van der Waals surface area (Å²) in [5.74, 6) is -3.89.